The molecule has 0 spiro atoms. The molecule has 1 aromatic rings. The van der Waals surface area contributed by atoms with Crippen LogP contribution in [0, 0.1) is 0 Å². The molecule has 1 aromatic heterocycles. The molecule has 0 saturated heterocycles. The highest BCUT2D eigenvalue weighted by Crippen LogP contribution is 2.00. The van der Waals surface area contributed by atoms with Gasteiger partial charge in [0.2, 0.25) is 0 Å². The van der Waals surface area contributed by atoms with E-state index in [0.717, 1.165) is 0 Å². The van der Waals surface area contributed by atoms with E-state index in [1.807, 2.05) is 0 Å². The van der Waals surface area contributed by atoms with E-state index >= 15 is 0 Å². The van der Waals surface area contributed by atoms with E-state index in [1.165, 1.54) is 22.9 Å². The third-order valence-corrected chi connectivity index (χ3v) is 2.09. The Hall–Kier alpha value is -2.11. The van der Waals surface area contributed by atoms with E-state index in [0.29, 0.717) is 6.42 Å². The predicted octanol–water partition coefficient (Wildman–Crippen LogP) is -0.0424. The summed E-state index contributed by atoms with van der Waals surface area (Å²) >= 11 is 0. The molecule has 0 atom stereocenters. The molecule has 0 saturated carbocycles. The quantitative estimate of drug-likeness (QED) is 0.702. The largest absolute Gasteiger partial charge is 0.478 e. The Morgan fingerprint density at radius 1 is 1.56 bits per heavy atom. The first-order valence-electron chi connectivity index (χ1n) is 4.76. The minimum absolute atomic E-state index is 0.130. The van der Waals surface area contributed by atoms with E-state index in [2.05, 4.69) is 4.98 Å². The van der Waals surface area contributed by atoms with Crippen LogP contribution in [-0.2, 0) is 11.3 Å². The highest BCUT2D eigenvalue weighted by Gasteiger charge is 2.03. The fraction of sp³-hybridized carbons (Fsp3) is 0.300. The first-order chi connectivity index (χ1) is 7.54. The number of nitrogens with zero attached hydrogens (tertiary/aromatic N) is 1. The first-order valence-corrected chi connectivity index (χ1v) is 4.76. The number of aromatic amines is 1. The van der Waals surface area contributed by atoms with Gasteiger partial charge in [-0.15, -0.1) is 0 Å². The maximum Gasteiger partial charge on any atom is 0.331 e. The maximum absolute atomic E-state index is 11.2. The van der Waals surface area contributed by atoms with Crippen molar-refractivity contribution >= 4 is 5.97 Å². The fourth-order valence-corrected chi connectivity index (χ4v) is 1.18. The van der Waals surface area contributed by atoms with Crippen LogP contribution in [-0.4, -0.2) is 20.6 Å². The predicted molar refractivity (Wildman–Crippen MR) is 57.3 cm³/mol. The van der Waals surface area contributed by atoms with Crippen LogP contribution in [0.25, 0.3) is 0 Å². The molecule has 6 nitrogen and oxygen atoms in total. The molecule has 1 heterocycles. The Labute approximate surface area is 90.9 Å². The van der Waals surface area contributed by atoms with Crippen molar-refractivity contribution in [3.8, 4) is 0 Å². The summed E-state index contributed by atoms with van der Waals surface area (Å²) in [7, 11) is 0. The summed E-state index contributed by atoms with van der Waals surface area (Å²) in [4.78, 5) is 34.8. The summed E-state index contributed by atoms with van der Waals surface area (Å²) in [5.41, 5.74) is -0.790. The molecular weight excluding hydrogens is 212 g/mol. The summed E-state index contributed by atoms with van der Waals surface area (Å²) in [5, 5.41) is 8.75. The zero-order valence-corrected chi connectivity index (χ0v) is 8.77. The number of hydrogen-bond donors (Lipinski definition) is 2. The third-order valence-electron chi connectivity index (χ3n) is 2.09. The van der Waals surface area contributed by atoms with Gasteiger partial charge in [-0.25, -0.2) is 9.59 Å². The topological polar surface area (TPSA) is 92.2 Å². The van der Waals surface area contributed by atoms with Gasteiger partial charge in [-0.1, -0.05) is 13.0 Å². The Bertz CT molecular complexity index is 524. The zero-order chi connectivity index (χ0) is 12.1. The molecule has 86 valence electrons. The van der Waals surface area contributed by atoms with Crippen molar-refractivity contribution in [2.45, 2.75) is 19.9 Å². The average molecular weight is 224 g/mol. The van der Waals surface area contributed by atoms with Crippen LogP contribution in [0.1, 0.15) is 13.3 Å². The van der Waals surface area contributed by atoms with Gasteiger partial charge >= 0.3 is 11.7 Å². The monoisotopic (exact) mass is 224 g/mol. The van der Waals surface area contributed by atoms with Crippen LogP contribution in [0.2, 0.25) is 0 Å². The average Bonchev–Trinajstić information content (AvgIpc) is 2.21. The molecule has 0 radical (unpaired) electrons. The van der Waals surface area contributed by atoms with Gasteiger partial charge in [0.15, 0.2) is 0 Å². The minimum atomic E-state index is -1.00. The van der Waals surface area contributed by atoms with Crippen molar-refractivity contribution in [1.82, 2.24) is 9.55 Å². The van der Waals surface area contributed by atoms with Crippen molar-refractivity contribution in [3.05, 3.63) is 44.8 Å². The molecule has 6 heteroatoms. The number of nitrogens with one attached hydrogen (secondary N) is 1. The van der Waals surface area contributed by atoms with Crippen molar-refractivity contribution in [2.24, 2.45) is 0 Å². The SMILES string of the molecule is CCC(=CCn1ccc(=O)[nH]c1=O)C(=O)O. The molecule has 1 rings (SSSR count). The molecule has 0 aliphatic rings. The van der Waals surface area contributed by atoms with Crippen LogP contribution < -0.4 is 11.2 Å². The fourth-order valence-electron chi connectivity index (χ4n) is 1.18. The van der Waals surface area contributed by atoms with Crippen molar-refractivity contribution in [1.29, 1.82) is 0 Å². The summed E-state index contributed by atoms with van der Waals surface area (Å²) in [5.74, 6) is -1.00. The number of carboxylic acid groups (broad SMARTS) is 1. The summed E-state index contributed by atoms with van der Waals surface area (Å²) < 4.78 is 1.22. The molecule has 0 amide bonds. The van der Waals surface area contributed by atoms with E-state index in [-0.39, 0.29) is 12.1 Å². The molecule has 0 bridgehead atoms. The van der Waals surface area contributed by atoms with E-state index in [9.17, 15) is 14.4 Å². The van der Waals surface area contributed by atoms with Crippen LogP contribution in [0.3, 0.4) is 0 Å². The van der Waals surface area contributed by atoms with Gasteiger partial charge in [0, 0.05) is 24.4 Å². The Kier molecular flexibility index (Phi) is 3.82. The molecule has 2 N–H and O–H groups in total. The van der Waals surface area contributed by atoms with Crippen molar-refractivity contribution < 1.29 is 9.90 Å². The molecule has 0 aliphatic carbocycles. The summed E-state index contributed by atoms with van der Waals surface area (Å²) in [6.45, 7) is 1.85. The lowest BCUT2D eigenvalue weighted by molar-refractivity contribution is -0.132. The highest BCUT2D eigenvalue weighted by molar-refractivity contribution is 5.86. The number of carbonyl (C=O) groups is 1. The smallest absolute Gasteiger partial charge is 0.331 e. The van der Waals surface area contributed by atoms with Crippen LogP contribution in [0.4, 0.5) is 0 Å². The number of rotatable bonds is 4. The number of aliphatic carboxylic acids is 1. The molecular formula is C10H12N2O4. The first kappa shape index (κ1) is 12.0. The Morgan fingerprint density at radius 2 is 2.25 bits per heavy atom. The maximum atomic E-state index is 11.2. The van der Waals surface area contributed by atoms with Gasteiger partial charge < -0.3 is 5.11 Å². The summed E-state index contributed by atoms with van der Waals surface area (Å²) in [6, 6.07) is 1.21. The molecule has 0 unspecified atom stereocenters. The second-order valence-corrected chi connectivity index (χ2v) is 3.15. The van der Waals surface area contributed by atoms with Gasteiger partial charge in [0.05, 0.1) is 0 Å². The Morgan fingerprint density at radius 3 is 2.75 bits per heavy atom. The standard InChI is InChI=1S/C10H12N2O4/c1-2-7(9(14)15)3-5-12-6-4-8(13)11-10(12)16/h3-4,6H,2,5H2,1H3,(H,14,15)(H,11,13,16). The van der Waals surface area contributed by atoms with E-state index in [1.54, 1.807) is 6.92 Å². The number of carboxylic acids is 1. The van der Waals surface area contributed by atoms with Gasteiger partial charge in [-0.3, -0.25) is 14.3 Å². The molecule has 0 fully saturated rings. The lowest BCUT2D eigenvalue weighted by Gasteiger charge is -2.01. The van der Waals surface area contributed by atoms with E-state index < -0.39 is 17.2 Å². The Balaban J connectivity index is 2.93. The van der Waals surface area contributed by atoms with Gasteiger partial charge in [0.1, 0.15) is 0 Å². The highest BCUT2D eigenvalue weighted by atomic mass is 16.4. The number of allylic oxidation sites excluding steroid dienone is 1. The van der Waals surface area contributed by atoms with Gasteiger partial charge in [-0.05, 0) is 6.42 Å². The normalized spacial score (nSPS) is 11.4. The van der Waals surface area contributed by atoms with Crippen LogP contribution in [0.15, 0.2) is 33.5 Å². The van der Waals surface area contributed by atoms with Crippen LogP contribution >= 0.6 is 0 Å². The number of hydrogen-bond acceptors (Lipinski definition) is 3. The second kappa shape index (κ2) is 5.11. The van der Waals surface area contributed by atoms with E-state index in [4.69, 9.17) is 5.11 Å². The van der Waals surface area contributed by atoms with Gasteiger partial charge in [0.25, 0.3) is 5.56 Å². The number of H-pyrrole nitrogens is 1. The lowest BCUT2D eigenvalue weighted by Crippen LogP contribution is -2.28. The molecule has 16 heavy (non-hydrogen) atoms. The second-order valence-electron chi connectivity index (χ2n) is 3.15. The lowest BCUT2D eigenvalue weighted by atomic mass is 10.2. The van der Waals surface area contributed by atoms with Crippen molar-refractivity contribution in [3.63, 3.8) is 0 Å². The zero-order valence-electron chi connectivity index (χ0n) is 8.77. The van der Waals surface area contributed by atoms with Gasteiger partial charge in [-0.2, -0.15) is 0 Å². The van der Waals surface area contributed by atoms with Crippen molar-refractivity contribution in [2.75, 3.05) is 0 Å². The third kappa shape index (κ3) is 2.94. The van der Waals surface area contributed by atoms with Crippen LogP contribution in [0.5, 0.6) is 0 Å². The number of aromatic nitrogens is 2. The molecule has 0 aromatic carbocycles. The summed E-state index contributed by atoms with van der Waals surface area (Å²) in [6.07, 6.45) is 3.16. The minimum Gasteiger partial charge on any atom is -0.478 e. The molecule has 0 aliphatic heterocycles.